The van der Waals surface area contributed by atoms with Crippen molar-refractivity contribution in [3.8, 4) is 6.07 Å². The molecule has 0 radical (unpaired) electrons. The van der Waals surface area contributed by atoms with Crippen LogP contribution >= 0.6 is 0 Å². The van der Waals surface area contributed by atoms with Gasteiger partial charge in [-0.05, 0) is 19.0 Å². The molecule has 2 atom stereocenters. The van der Waals surface area contributed by atoms with Crippen molar-refractivity contribution < 1.29 is 15.1 Å². The van der Waals surface area contributed by atoms with Gasteiger partial charge in [-0.2, -0.15) is 5.26 Å². The Bertz CT molecular complexity index is 484. The molecule has 0 aromatic heterocycles. The van der Waals surface area contributed by atoms with Gasteiger partial charge < -0.3 is 15.9 Å². The molecule has 96 valence electrons. The number of hydrogen-bond donors (Lipinski definition) is 3. The number of aliphatic hydroxyl groups excluding tert-OH is 2. The first-order valence-corrected chi connectivity index (χ1v) is 5.26. The second kappa shape index (κ2) is 6.07. The average molecular weight is 251 g/mol. The van der Waals surface area contributed by atoms with E-state index < -0.39 is 17.1 Å². The summed E-state index contributed by atoms with van der Waals surface area (Å²) in [5, 5.41) is 38.9. The number of nitriles is 1. The van der Waals surface area contributed by atoms with Crippen LogP contribution in [0, 0.1) is 21.4 Å². The smallest absolute Gasteiger partial charge is 0.270 e. The molecule has 0 aliphatic heterocycles. The van der Waals surface area contributed by atoms with Gasteiger partial charge >= 0.3 is 0 Å². The quantitative estimate of drug-likeness (QED) is 0.506. The lowest BCUT2D eigenvalue weighted by molar-refractivity contribution is -0.384. The second-order valence-electron chi connectivity index (χ2n) is 3.73. The van der Waals surface area contributed by atoms with Gasteiger partial charge in [0.25, 0.3) is 5.69 Å². The van der Waals surface area contributed by atoms with E-state index in [4.69, 9.17) is 11.0 Å². The van der Waals surface area contributed by atoms with Crippen molar-refractivity contribution in [2.45, 2.75) is 18.6 Å². The Morgan fingerprint density at radius 1 is 1.50 bits per heavy atom. The SMILES string of the molecule is N#Cc1cc([N+](=O)[O-])ccc1C(O)C(O)CCN. The van der Waals surface area contributed by atoms with Crippen molar-refractivity contribution in [3.05, 3.63) is 39.4 Å². The van der Waals surface area contributed by atoms with Crippen molar-refractivity contribution >= 4 is 5.69 Å². The van der Waals surface area contributed by atoms with Crippen LogP contribution in [-0.4, -0.2) is 27.8 Å². The van der Waals surface area contributed by atoms with Crippen LogP contribution in [0.15, 0.2) is 18.2 Å². The maximum atomic E-state index is 10.6. The Labute approximate surface area is 103 Å². The molecule has 1 aromatic rings. The molecule has 0 aliphatic carbocycles. The van der Waals surface area contributed by atoms with Gasteiger partial charge in [0.2, 0.25) is 0 Å². The normalized spacial score (nSPS) is 13.7. The lowest BCUT2D eigenvalue weighted by Crippen LogP contribution is -2.22. The van der Waals surface area contributed by atoms with Crippen LogP contribution in [0.3, 0.4) is 0 Å². The number of hydrogen-bond acceptors (Lipinski definition) is 6. The molecule has 0 saturated heterocycles. The first kappa shape index (κ1) is 14.1. The number of nitro groups is 1. The van der Waals surface area contributed by atoms with Gasteiger partial charge in [-0.15, -0.1) is 0 Å². The highest BCUT2D eigenvalue weighted by Gasteiger charge is 2.22. The molecular formula is C11H13N3O4. The molecule has 1 aromatic carbocycles. The van der Waals surface area contributed by atoms with E-state index in [9.17, 15) is 20.3 Å². The molecule has 0 saturated carbocycles. The molecule has 4 N–H and O–H groups in total. The van der Waals surface area contributed by atoms with E-state index in [1.165, 1.54) is 12.1 Å². The molecule has 0 heterocycles. The second-order valence-corrected chi connectivity index (χ2v) is 3.73. The number of rotatable bonds is 5. The molecule has 0 amide bonds. The van der Waals surface area contributed by atoms with Crippen LogP contribution in [0.2, 0.25) is 0 Å². The molecule has 0 fully saturated rings. The van der Waals surface area contributed by atoms with E-state index in [0.29, 0.717) is 0 Å². The zero-order chi connectivity index (χ0) is 13.7. The zero-order valence-corrected chi connectivity index (χ0v) is 9.48. The van der Waals surface area contributed by atoms with Crippen molar-refractivity contribution in [1.29, 1.82) is 5.26 Å². The minimum atomic E-state index is -1.29. The van der Waals surface area contributed by atoms with Crippen molar-refractivity contribution in [2.75, 3.05) is 6.54 Å². The summed E-state index contributed by atoms with van der Waals surface area (Å²) in [6.07, 6.45) is -2.23. The lowest BCUT2D eigenvalue weighted by Gasteiger charge is -2.18. The van der Waals surface area contributed by atoms with Crippen molar-refractivity contribution in [2.24, 2.45) is 5.73 Å². The van der Waals surface area contributed by atoms with Crippen LogP contribution in [0.4, 0.5) is 5.69 Å². The molecule has 2 unspecified atom stereocenters. The minimum absolute atomic E-state index is 0.0345. The maximum absolute atomic E-state index is 10.6. The largest absolute Gasteiger partial charge is 0.390 e. The monoisotopic (exact) mass is 251 g/mol. The van der Waals surface area contributed by atoms with Gasteiger partial charge in [-0.25, -0.2) is 0 Å². The highest BCUT2D eigenvalue weighted by Crippen LogP contribution is 2.25. The number of nitro benzene ring substituents is 1. The third kappa shape index (κ3) is 3.01. The fraction of sp³-hybridized carbons (Fsp3) is 0.364. The van der Waals surface area contributed by atoms with Gasteiger partial charge in [0, 0.05) is 17.7 Å². The van der Waals surface area contributed by atoms with E-state index in [1.54, 1.807) is 6.07 Å². The fourth-order valence-corrected chi connectivity index (χ4v) is 1.55. The number of nitrogens with zero attached hydrogens (tertiary/aromatic N) is 2. The van der Waals surface area contributed by atoms with Crippen LogP contribution in [0.1, 0.15) is 23.7 Å². The van der Waals surface area contributed by atoms with E-state index in [1.807, 2.05) is 0 Å². The molecule has 1 rings (SSSR count). The molecule has 18 heavy (non-hydrogen) atoms. The summed E-state index contributed by atoms with van der Waals surface area (Å²) in [7, 11) is 0. The van der Waals surface area contributed by atoms with E-state index in [0.717, 1.165) is 6.07 Å². The molecule has 7 heteroatoms. The average Bonchev–Trinajstić information content (AvgIpc) is 2.37. The zero-order valence-electron chi connectivity index (χ0n) is 9.48. The minimum Gasteiger partial charge on any atom is -0.390 e. The summed E-state index contributed by atoms with van der Waals surface area (Å²) in [4.78, 5) is 9.92. The summed E-state index contributed by atoms with van der Waals surface area (Å²) >= 11 is 0. The molecule has 0 bridgehead atoms. The molecule has 0 aliphatic rings. The van der Waals surface area contributed by atoms with E-state index in [2.05, 4.69) is 0 Å². The fourth-order valence-electron chi connectivity index (χ4n) is 1.55. The Morgan fingerprint density at radius 2 is 2.17 bits per heavy atom. The number of nitrogens with two attached hydrogens (primary N) is 1. The van der Waals surface area contributed by atoms with Crippen LogP contribution < -0.4 is 5.73 Å². The van der Waals surface area contributed by atoms with Gasteiger partial charge in [-0.1, -0.05) is 0 Å². The van der Waals surface area contributed by atoms with Crippen LogP contribution in [0.5, 0.6) is 0 Å². The molecule has 7 nitrogen and oxygen atoms in total. The summed E-state index contributed by atoms with van der Waals surface area (Å²) in [5.41, 5.74) is 5.14. The highest BCUT2D eigenvalue weighted by molar-refractivity contribution is 5.47. The van der Waals surface area contributed by atoms with Gasteiger partial charge in [0.05, 0.1) is 22.7 Å². The van der Waals surface area contributed by atoms with Gasteiger partial charge in [-0.3, -0.25) is 10.1 Å². The predicted octanol–water partition coefficient (Wildman–Crippen LogP) is 0.210. The van der Waals surface area contributed by atoms with Gasteiger partial charge in [0.15, 0.2) is 0 Å². The number of benzene rings is 1. The Kier molecular flexibility index (Phi) is 4.74. The Morgan fingerprint density at radius 3 is 2.67 bits per heavy atom. The number of non-ortho nitro benzene ring substituents is 1. The van der Waals surface area contributed by atoms with Crippen molar-refractivity contribution in [3.63, 3.8) is 0 Å². The molecule has 0 spiro atoms. The summed E-state index contributed by atoms with van der Waals surface area (Å²) in [6.45, 7) is 0.188. The topological polar surface area (TPSA) is 133 Å². The first-order valence-electron chi connectivity index (χ1n) is 5.26. The van der Waals surface area contributed by atoms with Crippen LogP contribution in [0.25, 0.3) is 0 Å². The highest BCUT2D eigenvalue weighted by atomic mass is 16.6. The lowest BCUT2D eigenvalue weighted by atomic mass is 9.97. The van der Waals surface area contributed by atoms with E-state index >= 15 is 0 Å². The van der Waals surface area contributed by atoms with Crippen LogP contribution in [-0.2, 0) is 0 Å². The predicted molar refractivity (Wildman–Crippen MR) is 62.4 cm³/mol. The Hall–Kier alpha value is -2.01. The third-order valence-corrected chi connectivity index (χ3v) is 2.51. The first-order chi connectivity index (χ1) is 8.51. The Balaban J connectivity index is 3.10. The van der Waals surface area contributed by atoms with E-state index in [-0.39, 0.29) is 29.8 Å². The molecular weight excluding hydrogens is 238 g/mol. The van der Waals surface area contributed by atoms with Gasteiger partial charge in [0.1, 0.15) is 6.10 Å². The number of aliphatic hydroxyl groups is 2. The standard InChI is InChI=1S/C11H13N3O4/c12-4-3-10(15)11(16)9-2-1-8(14(17)18)5-7(9)6-13/h1-2,5,10-11,15-16H,3-4,12H2. The summed E-state index contributed by atoms with van der Waals surface area (Å²) in [5.74, 6) is 0. The van der Waals surface area contributed by atoms with Crippen molar-refractivity contribution in [1.82, 2.24) is 0 Å². The maximum Gasteiger partial charge on any atom is 0.270 e. The summed E-state index contributed by atoms with van der Waals surface area (Å²) in [6, 6.07) is 5.27. The third-order valence-electron chi connectivity index (χ3n) is 2.51. The summed E-state index contributed by atoms with van der Waals surface area (Å²) < 4.78 is 0.